The van der Waals surface area contributed by atoms with Crippen molar-refractivity contribution in [3.05, 3.63) is 90.9 Å². The molecule has 3 rings (SSSR count). The molecule has 34 heavy (non-hydrogen) atoms. The second-order valence-corrected chi connectivity index (χ2v) is 9.18. The minimum absolute atomic E-state index is 0.0474. The number of rotatable bonds is 7. The van der Waals surface area contributed by atoms with E-state index in [-0.39, 0.29) is 12.2 Å². The molecule has 0 saturated heterocycles. The van der Waals surface area contributed by atoms with E-state index >= 15 is 0 Å². The van der Waals surface area contributed by atoms with Crippen molar-refractivity contribution in [3.63, 3.8) is 0 Å². The molecular weight excluding hydrogens is 539 g/mol. The summed E-state index contributed by atoms with van der Waals surface area (Å²) in [5.74, 6) is 0.389. The van der Waals surface area contributed by atoms with Crippen LogP contribution in [0.5, 0.6) is 11.5 Å². The summed E-state index contributed by atoms with van der Waals surface area (Å²) in [7, 11) is 1.51. The van der Waals surface area contributed by atoms with E-state index in [0.29, 0.717) is 37.3 Å². The van der Waals surface area contributed by atoms with E-state index in [1.165, 1.54) is 13.2 Å². The average Bonchev–Trinajstić information content (AvgIpc) is 2.79. The van der Waals surface area contributed by atoms with Gasteiger partial charge >= 0.3 is 0 Å². The maximum Gasteiger partial charge on any atom is 0.266 e. The van der Waals surface area contributed by atoms with Gasteiger partial charge in [-0.2, -0.15) is 5.26 Å². The van der Waals surface area contributed by atoms with Crippen LogP contribution in [0.25, 0.3) is 6.08 Å². The number of amides is 1. The molecule has 0 unspecified atom stereocenters. The Hall–Kier alpha value is -2.98. The molecule has 0 atom stereocenters. The Morgan fingerprint density at radius 2 is 1.88 bits per heavy atom. The fraction of sp³-hybridized carbons (Fsp3) is 0.154. The third-order valence-electron chi connectivity index (χ3n) is 5.08. The number of benzene rings is 3. The van der Waals surface area contributed by atoms with E-state index < -0.39 is 5.91 Å². The van der Waals surface area contributed by atoms with E-state index in [4.69, 9.17) is 32.7 Å². The van der Waals surface area contributed by atoms with Gasteiger partial charge in [-0.15, -0.1) is 0 Å². The van der Waals surface area contributed by atoms with Crippen LogP contribution in [0.3, 0.4) is 0 Å². The Morgan fingerprint density at radius 3 is 2.53 bits per heavy atom. The first kappa shape index (κ1) is 25.6. The Morgan fingerprint density at radius 1 is 1.12 bits per heavy atom. The van der Waals surface area contributed by atoms with Gasteiger partial charge in [0.15, 0.2) is 11.5 Å². The summed E-state index contributed by atoms with van der Waals surface area (Å²) in [6.45, 7) is 4.15. The zero-order valence-corrected chi connectivity index (χ0v) is 21.8. The smallest absolute Gasteiger partial charge is 0.266 e. The number of methoxy groups -OCH3 is 1. The van der Waals surface area contributed by atoms with Crippen LogP contribution in [0.2, 0.25) is 10.0 Å². The molecule has 0 aliphatic carbocycles. The highest BCUT2D eigenvalue weighted by Gasteiger charge is 2.15. The molecule has 174 valence electrons. The molecule has 0 spiro atoms. The van der Waals surface area contributed by atoms with Crippen molar-refractivity contribution in [1.29, 1.82) is 5.26 Å². The summed E-state index contributed by atoms with van der Waals surface area (Å²) in [6.07, 6.45) is 1.49. The number of halogens is 3. The maximum absolute atomic E-state index is 12.7. The number of carbonyl (C=O) groups excluding carboxylic acids is 1. The minimum atomic E-state index is -0.501. The van der Waals surface area contributed by atoms with Gasteiger partial charge in [0, 0.05) is 21.3 Å². The molecule has 3 aromatic rings. The highest BCUT2D eigenvalue weighted by molar-refractivity contribution is 9.10. The van der Waals surface area contributed by atoms with Gasteiger partial charge in [-0.1, -0.05) is 35.3 Å². The van der Waals surface area contributed by atoms with Gasteiger partial charge in [0.25, 0.3) is 5.91 Å². The number of nitrogens with zero attached hydrogens (tertiary/aromatic N) is 1. The van der Waals surface area contributed by atoms with E-state index in [1.807, 2.05) is 32.0 Å². The largest absolute Gasteiger partial charge is 0.493 e. The second-order valence-electron chi connectivity index (χ2n) is 7.48. The fourth-order valence-corrected chi connectivity index (χ4v) is 4.12. The summed E-state index contributed by atoms with van der Waals surface area (Å²) >= 11 is 15.7. The third kappa shape index (κ3) is 6.32. The van der Waals surface area contributed by atoms with Crippen LogP contribution >= 0.6 is 39.1 Å². The van der Waals surface area contributed by atoms with Crippen molar-refractivity contribution in [2.45, 2.75) is 20.5 Å². The molecule has 1 N–H and O–H groups in total. The molecule has 0 aliphatic heterocycles. The standard InChI is InChI=1S/C26H21BrCl2N2O3/c1-15-4-7-21(8-16(15)2)31-26(32)19(13-30)9-17-10-22(27)25(24(11-17)33-3)34-14-18-5-6-20(28)12-23(18)29/h4-12H,14H2,1-3H3,(H,31,32). The molecule has 0 fully saturated rings. The minimum Gasteiger partial charge on any atom is -0.493 e. The zero-order valence-electron chi connectivity index (χ0n) is 18.7. The van der Waals surface area contributed by atoms with Crippen LogP contribution in [-0.2, 0) is 11.4 Å². The van der Waals surface area contributed by atoms with E-state index in [1.54, 1.807) is 36.4 Å². The molecule has 3 aromatic carbocycles. The first-order chi connectivity index (χ1) is 16.2. The lowest BCUT2D eigenvalue weighted by molar-refractivity contribution is -0.112. The van der Waals surface area contributed by atoms with Crippen molar-refractivity contribution < 1.29 is 14.3 Å². The van der Waals surface area contributed by atoms with Crippen LogP contribution < -0.4 is 14.8 Å². The van der Waals surface area contributed by atoms with Crippen LogP contribution in [0.1, 0.15) is 22.3 Å². The predicted molar refractivity (Wildman–Crippen MR) is 140 cm³/mol. The first-order valence-electron chi connectivity index (χ1n) is 10.2. The van der Waals surface area contributed by atoms with Crippen LogP contribution in [-0.4, -0.2) is 13.0 Å². The van der Waals surface area contributed by atoms with Gasteiger partial charge in [-0.3, -0.25) is 4.79 Å². The molecule has 0 saturated carbocycles. The van der Waals surface area contributed by atoms with Gasteiger partial charge in [0.1, 0.15) is 18.2 Å². The highest BCUT2D eigenvalue weighted by Crippen LogP contribution is 2.38. The van der Waals surface area contributed by atoms with Gasteiger partial charge in [-0.25, -0.2) is 0 Å². The van der Waals surface area contributed by atoms with Crippen molar-refractivity contribution >= 4 is 56.8 Å². The van der Waals surface area contributed by atoms with Crippen LogP contribution in [0.15, 0.2) is 58.6 Å². The third-order valence-corrected chi connectivity index (χ3v) is 6.26. The van der Waals surface area contributed by atoms with Crippen LogP contribution in [0, 0.1) is 25.2 Å². The Balaban J connectivity index is 1.83. The molecule has 1 amide bonds. The molecule has 8 heteroatoms. The Bertz CT molecular complexity index is 1320. The maximum atomic E-state index is 12.7. The summed E-state index contributed by atoms with van der Waals surface area (Å²) in [5, 5.41) is 13.4. The molecule has 0 aliphatic rings. The molecule has 5 nitrogen and oxygen atoms in total. The van der Waals surface area contributed by atoms with Gasteiger partial charge in [-0.05, 0) is 88.9 Å². The quantitative estimate of drug-likeness (QED) is 0.240. The summed E-state index contributed by atoms with van der Waals surface area (Å²) < 4.78 is 12.0. The van der Waals surface area contributed by atoms with Gasteiger partial charge in [0.05, 0.1) is 11.6 Å². The number of nitriles is 1. The topological polar surface area (TPSA) is 71.3 Å². The van der Waals surface area contributed by atoms with E-state index in [2.05, 4.69) is 21.2 Å². The van der Waals surface area contributed by atoms with Crippen LogP contribution in [0.4, 0.5) is 5.69 Å². The van der Waals surface area contributed by atoms with Crippen molar-refractivity contribution in [2.24, 2.45) is 0 Å². The van der Waals surface area contributed by atoms with Crippen molar-refractivity contribution in [3.8, 4) is 17.6 Å². The normalized spacial score (nSPS) is 11.0. The molecular formula is C26H21BrCl2N2O3. The zero-order chi connectivity index (χ0) is 24.8. The van der Waals surface area contributed by atoms with E-state index in [9.17, 15) is 10.1 Å². The van der Waals surface area contributed by atoms with E-state index in [0.717, 1.165) is 16.7 Å². The lowest BCUT2D eigenvalue weighted by Gasteiger charge is -2.14. The average molecular weight is 560 g/mol. The number of hydrogen-bond donors (Lipinski definition) is 1. The second kappa shape index (κ2) is 11.4. The number of carbonyl (C=O) groups is 1. The van der Waals surface area contributed by atoms with Gasteiger partial charge in [0.2, 0.25) is 0 Å². The number of aryl methyl sites for hydroxylation is 2. The molecule has 0 radical (unpaired) electrons. The Kier molecular flexibility index (Phi) is 8.62. The predicted octanol–water partition coefficient (Wildman–Crippen LogP) is 7.51. The Labute approximate surface area is 217 Å². The molecule has 0 heterocycles. The monoisotopic (exact) mass is 558 g/mol. The van der Waals surface area contributed by atoms with Gasteiger partial charge < -0.3 is 14.8 Å². The highest BCUT2D eigenvalue weighted by atomic mass is 79.9. The fourth-order valence-electron chi connectivity index (χ4n) is 3.08. The lowest BCUT2D eigenvalue weighted by atomic mass is 10.1. The SMILES string of the molecule is COc1cc(C=C(C#N)C(=O)Nc2ccc(C)c(C)c2)cc(Br)c1OCc1ccc(Cl)cc1Cl. The number of ether oxygens (including phenoxy) is 2. The van der Waals surface area contributed by atoms with Crippen molar-refractivity contribution in [2.75, 3.05) is 12.4 Å². The first-order valence-corrected chi connectivity index (χ1v) is 11.7. The molecule has 0 bridgehead atoms. The summed E-state index contributed by atoms with van der Waals surface area (Å²) in [5.41, 5.74) is 4.09. The number of nitrogens with one attached hydrogen (secondary N) is 1. The summed E-state index contributed by atoms with van der Waals surface area (Å²) in [6, 6.07) is 16.1. The lowest BCUT2D eigenvalue weighted by Crippen LogP contribution is -2.13. The van der Waals surface area contributed by atoms with Crippen molar-refractivity contribution in [1.82, 2.24) is 0 Å². The number of anilines is 1. The molecule has 0 aromatic heterocycles. The number of hydrogen-bond acceptors (Lipinski definition) is 4. The summed E-state index contributed by atoms with van der Waals surface area (Å²) in [4.78, 5) is 12.7.